The Kier molecular flexibility index (Phi) is 4.34. The molecule has 4 nitrogen and oxygen atoms in total. The van der Waals surface area contributed by atoms with Gasteiger partial charge in [-0.05, 0) is 35.2 Å². The molecule has 94 valence electrons. The average molecular weight is 300 g/mol. The van der Waals surface area contributed by atoms with E-state index in [0.717, 1.165) is 48.5 Å². The van der Waals surface area contributed by atoms with E-state index in [1.54, 1.807) is 0 Å². The van der Waals surface area contributed by atoms with Crippen molar-refractivity contribution in [3.05, 3.63) is 16.5 Å². The highest BCUT2D eigenvalue weighted by Gasteiger charge is 2.25. The van der Waals surface area contributed by atoms with Crippen LogP contribution in [0.5, 0.6) is 0 Å². The Bertz CT molecular complexity index is 386. The maximum atomic E-state index is 9.34. The van der Waals surface area contributed by atoms with Gasteiger partial charge in [0.25, 0.3) is 0 Å². The quantitative estimate of drug-likeness (QED) is 0.866. The number of aromatic nitrogens is 2. The van der Waals surface area contributed by atoms with Crippen LogP contribution in [-0.4, -0.2) is 34.3 Å². The highest BCUT2D eigenvalue weighted by atomic mass is 79.9. The van der Waals surface area contributed by atoms with Gasteiger partial charge in [0.1, 0.15) is 16.2 Å². The smallest absolute Gasteiger partial charge is 0.133 e. The molecule has 0 radical (unpaired) electrons. The lowest BCUT2D eigenvalue weighted by Crippen LogP contribution is -2.33. The molecular formula is C12H18BrN3O. The van der Waals surface area contributed by atoms with Crippen molar-refractivity contribution in [2.45, 2.75) is 38.6 Å². The number of aryl methyl sites for hydroxylation is 1. The second kappa shape index (κ2) is 5.78. The molecule has 0 bridgehead atoms. The van der Waals surface area contributed by atoms with Crippen LogP contribution in [0.2, 0.25) is 0 Å². The first-order valence-corrected chi connectivity index (χ1v) is 6.95. The molecule has 1 aromatic rings. The Morgan fingerprint density at radius 3 is 3.06 bits per heavy atom. The summed E-state index contributed by atoms with van der Waals surface area (Å²) >= 11 is 3.43. The normalized spacial score (nSPS) is 19.9. The third-order valence-electron chi connectivity index (χ3n) is 3.08. The van der Waals surface area contributed by atoms with Gasteiger partial charge in [0.15, 0.2) is 0 Å². The third-order valence-corrected chi connectivity index (χ3v) is 3.49. The van der Waals surface area contributed by atoms with Gasteiger partial charge in [-0.3, -0.25) is 0 Å². The molecule has 0 aliphatic carbocycles. The molecule has 1 aliphatic heterocycles. The summed E-state index contributed by atoms with van der Waals surface area (Å²) in [5, 5.41) is 9.34. The van der Waals surface area contributed by atoms with E-state index in [0.29, 0.717) is 0 Å². The molecule has 5 heteroatoms. The van der Waals surface area contributed by atoms with E-state index >= 15 is 0 Å². The maximum Gasteiger partial charge on any atom is 0.133 e. The number of anilines is 1. The minimum atomic E-state index is 0.199. The fourth-order valence-electron chi connectivity index (χ4n) is 2.26. The first-order chi connectivity index (χ1) is 8.24. The summed E-state index contributed by atoms with van der Waals surface area (Å²) in [5.74, 6) is 1.81. The molecule has 1 N–H and O–H groups in total. The van der Waals surface area contributed by atoms with E-state index < -0.39 is 0 Å². The lowest BCUT2D eigenvalue weighted by molar-refractivity contribution is 0.266. The minimum absolute atomic E-state index is 0.199. The Morgan fingerprint density at radius 2 is 2.35 bits per heavy atom. The molecule has 1 aliphatic rings. The molecule has 0 spiro atoms. The summed E-state index contributed by atoms with van der Waals surface area (Å²) in [6.45, 7) is 3.29. The van der Waals surface area contributed by atoms with Crippen molar-refractivity contribution in [1.29, 1.82) is 0 Å². The Morgan fingerprint density at radius 1 is 1.53 bits per heavy atom. The SMILES string of the molecule is CCCc1nc(Br)cc(N2CCCC2CO)n1. The second-order valence-electron chi connectivity index (χ2n) is 4.39. The maximum absolute atomic E-state index is 9.34. The monoisotopic (exact) mass is 299 g/mol. The van der Waals surface area contributed by atoms with Crippen molar-refractivity contribution >= 4 is 21.7 Å². The van der Waals surface area contributed by atoms with Crippen LogP contribution in [0.25, 0.3) is 0 Å². The molecule has 0 amide bonds. The van der Waals surface area contributed by atoms with E-state index in [1.165, 1.54) is 0 Å². The summed E-state index contributed by atoms with van der Waals surface area (Å²) in [5.41, 5.74) is 0. The number of aliphatic hydroxyl groups is 1. The predicted molar refractivity (Wildman–Crippen MR) is 71.2 cm³/mol. The molecule has 1 fully saturated rings. The molecule has 1 aromatic heterocycles. The first kappa shape index (κ1) is 12.8. The van der Waals surface area contributed by atoms with Crippen LogP contribution in [0.15, 0.2) is 10.7 Å². The Labute approximate surface area is 110 Å². The Balaban J connectivity index is 2.24. The summed E-state index contributed by atoms with van der Waals surface area (Å²) in [4.78, 5) is 11.1. The van der Waals surface area contributed by atoms with Crippen molar-refractivity contribution in [1.82, 2.24) is 9.97 Å². The number of hydrogen-bond acceptors (Lipinski definition) is 4. The van der Waals surface area contributed by atoms with Crippen LogP contribution < -0.4 is 4.90 Å². The number of halogens is 1. The molecule has 1 saturated heterocycles. The number of hydrogen-bond donors (Lipinski definition) is 1. The molecule has 2 rings (SSSR count). The summed E-state index contributed by atoms with van der Waals surface area (Å²) in [6, 6.07) is 2.15. The predicted octanol–water partition coefficient (Wildman–Crippen LogP) is 2.15. The van der Waals surface area contributed by atoms with Gasteiger partial charge in [0.2, 0.25) is 0 Å². The second-order valence-corrected chi connectivity index (χ2v) is 5.20. The van der Waals surface area contributed by atoms with Crippen LogP contribution in [0.4, 0.5) is 5.82 Å². The summed E-state index contributed by atoms with van der Waals surface area (Å²) < 4.78 is 0.828. The average Bonchev–Trinajstić information content (AvgIpc) is 2.76. The van der Waals surface area contributed by atoms with E-state index in [4.69, 9.17) is 0 Å². The van der Waals surface area contributed by atoms with Gasteiger partial charge in [-0.25, -0.2) is 9.97 Å². The number of rotatable bonds is 4. The van der Waals surface area contributed by atoms with Gasteiger partial charge in [-0.2, -0.15) is 0 Å². The molecule has 2 heterocycles. The topological polar surface area (TPSA) is 49.2 Å². The molecule has 0 aromatic carbocycles. The van der Waals surface area contributed by atoms with Gasteiger partial charge in [-0.1, -0.05) is 6.92 Å². The van der Waals surface area contributed by atoms with E-state index in [-0.39, 0.29) is 12.6 Å². The first-order valence-electron chi connectivity index (χ1n) is 6.15. The zero-order valence-corrected chi connectivity index (χ0v) is 11.7. The zero-order valence-electron chi connectivity index (χ0n) is 10.1. The highest BCUT2D eigenvalue weighted by Crippen LogP contribution is 2.25. The van der Waals surface area contributed by atoms with Crippen LogP contribution in [-0.2, 0) is 6.42 Å². The van der Waals surface area contributed by atoms with E-state index in [1.807, 2.05) is 6.07 Å². The van der Waals surface area contributed by atoms with Gasteiger partial charge in [0, 0.05) is 19.0 Å². The van der Waals surface area contributed by atoms with Crippen LogP contribution in [0.3, 0.4) is 0 Å². The van der Waals surface area contributed by atoms with Crippen LogP contribution in [0, 0.1) is 0 Å². The summed E-state index contributed by atoms with van der Waals surface area (Å²) in [7, 11) is 0. The van der Waals surface area contributed by atoms with E-state index in [2.05, 4.69) is 37.7 Å². The fourth-order valence-corrected chi connectivity index (χ4v) is 2.67. The number of aliphatic hydroxyl groups excluding tert-OH is 1. The third kappa shape index (κ3) is 2.96. The standard InChI is InChI=1S/C12H18BrN3O/c1-2-4-11-14-10(13)7-12(15-11)16-6-3-5-9(16)8-17/h7,9,17H,2-6,8H2,1H3. The molecule has 0 saturated carbocycles. The Hall–Kier alpha value is -0.680. The van der Waals surface area contributed by atoms with Crippen molar-refractivity contribution in [3.63, 3.8) is 0 Å². The van der Waals surface area contributed by atoms with Crippen molar-refractivity contribution in [2.24, 2.45) is 0 Å². The molecular weight excluding hydrogens is 282 g/mol. The van der Waals surface area contributed by atoms with Crippen molar-refractivity contribution in [3.8, 4) is 0 Å². The number of nitrogens with zero attached hydrogens (tertiary/aromatic N) is 3. The molecule has 1 unspecified atom stereocenters. The van der Waals surface area contributed by atoms with Crippen LogP contribution >= 0.6 is 15.9 Å². The highest BCUT2D eigenvalue weighted by molar-refractivity contribution is 9.10. The van der Waals surface area contributed by atoms with Crippen LogP contribution in [0.1, 0.15) is 32.0 Å². The lowest BCUT2D eigenvalue weighted by atomic mass is 10.2. The van der Waals surface area contributed by atoms with Crippen molar-refractivity contribution in [2.75, 3.05) is 18.1 Å². The summed E-state index contributed by atoms with van der Waals surface area (Å²) in [6.07, 6.45) is 4.10. The minimum Gasteiger partial charge on any atom is -0.394 e. The van der Waals surface area contributed by atoms with Gasteiger partial charge >= 0.3 is 0 Å². The molecule has 1 atom stereocenters. The van der Waals surface area contributed by atoms with Crippen molar-refractivity contribution < 1.29 is 5.11 Å². The fraction of sp³-hybridized carbons (Fsp3) is 0.667. The largest absolute Gasteiger partial charge is 0.394 e. The van der Waals surface area contributed by atoms with Gasteiger partial charge < -0.3 is 10.0 Å². The van der Waals surface area contributed by atoms with Gasteiger partial charge in [-0.15, -0.1) is 0 Å². The zero-order chi connectivity index (χ0) is 12.3. The molecule has 17 heavy (non-hydrogen) atoms. The van der Waals surface area contributed by atoms with E-state index in [9.17, 15) is 5.11 Å². The van der Waals surface area contributed by atoms with Gasteiger partial charge in [0.05, 0.1) is 12.6 Å². The lowest BCUT2D eigenvalue weighted by Gasteiger charge is -2.24.